The van der Waals surface area contributed by atoms with Crippen molar-refractivity contribution >= 4 is 18.3 Å². The Hall–Kier alpha value is -1.26. The fourth-order valence-electron chi connectivity index (χ4n) is 2.79. The van der Waals surface area contributed by atoms with Crippen molar-refractivity contribution in [2.24, 2.45) is 11.7 Å². The summed E-state index contributed by atoms with van der Waals surface area (Å²) in [6.45, 7) is 4.48. The van der Waals surface area contributed by atoms with E-state index in [9.17, 15) is 4.79 Å². The molecule has 0 heterocycles. The topological polar surface area (TPSA) is 64.3 Å². The number of rotatable bonds is 5. The van der Waals surface area contributed by atoms with Crippen LogP contribution >= 0.6 is 12.4 Å². The minimum absolute atomic E-state index is 0. The van der Waals surface area contributed by atoms with Gasteiger partial charge in [-0.15, -0.1) is 12.4 Å². The Morgan fingerprint density at radius 1 is 1.45 bits per heavy atom. The molecule has 1 saturated carbocycles. The fraction of sp³-hybridized carbons (Fsp3) is 0.588. The highest BCUT2D eigenvalue weighted by Crippen LogP contribution is 2.23. The summed E-state index contributed by atoms with van der Waals surface area (Å²) in [6, 6.07) is 8.10. The lowest BCUT2D eigenvalue weighted by Gasteiger charge is -2.27. The molecule has 1 aliphatic carbocycles. The van der Waals surface area contributed by atoms with E-state index in [0.717, 1.165) is 31.4 Å². The van der Waals surface area contributed by atoms with Crippen LogP contribution in [0.5, 0.6) is 5.75 Å². The zero-order chi connectivity index (χ0) is 15.2. The Labute approximate surface area is 139 Å². The molecule has 3 N–H and O–H groups in total. The molecule has 0 aromatic heterocycles. The summed E-state index contributed by atoms with van der Waals surface area (Å²) in [6.07, 6.45) is 3.84. The van der Waals surface area contributed by atoms with Crippen molar-refractivity contribution in [3.05, 3.63) is 29.8 Å². The van der Waals surface area contributed by atoms with Crippen molar-refractivity contribution in [2.75, 3.05) is 6.61 Å². The average Bonchev–Trinajstić information content (AvgIpc) is 2.45. The molecule has 3 unspecified atom stereocenters. The second-order valence-corrected chi connectivity index (χ2v) is 6.16. The van der Waals surface area contributed by atoms with Crippen LogP contribution in [0.2, 0.25) is 0 Å². The van der Waals surface area contributed by atoms with E-state index in [1.54, 1.807) is 0 Å². The van der Waals surface area contributed by atoms with E-state index < -0.39 is 0 Å². The number of hydrogen-bond donors (Lipinski definition) is 2. The molecule has 0 spiro atoms. The first-order valence-electron chi connectivity index (χ1n) is 7.80. The van der Waals surface area contributed by atoms with Gasteiger partial charge in [0.1, 0.15) is 12.4 Å². The van der Waals surface area contributed by atoms with Gasteiger partial charge in [0, 0.05) is 12.0 Å². The van der Waals surface area contributed by atoms with Gasteiger partial charge in [0.25, 0.3) is 0 Å². The van der Waals surface area contributed by atoms with Crippen molar-refractivity contribution < 1.29 is 9.53 Å². The highest BCUT2D eigenvalue weighted by Gasteiger charge is 2.26. The monoisotopic (exact) mass is 326 g/mol. The van der Waals surface area contributed by atoms with Gasteiger partial charge in [0.2, 0.25) is 5.91 Å². The van der Waals surface area contributed by atoms with Gasteiger partial charge >= 0.3 is 0 Å². The third kappa shape index (κ3) is 5.85. The van der Waals surface area contributed by atoms with Gasteiger partial charge in [-0.2, -0.15) is 0 Å². The lowest BCUT2D eigenvalue weighted by Crippen LogP contribution is -2.43. The summed E-state index contributed by atoms with van der Waals surface area (Å²) >= 11 is 0. The predicted molar refractivity (Wildman–Crippen MR) is 91.5 cm³/mol. The number of carbonyl (C=O) groups is 1. The van der Waals surface area contributed by atoms with Crippen LogP contribution in [0.15, 0.2) is 24.3 Å². The zero-order valence-corrected chi connectivity index (χ0v) is 14.2. The van der Waals surface area contributed by atoms with Gasteiger partial charge in [-0.25, -0.2) is 0 Å². The van der Waals surface area contributed by atoms with Gasteiger partial charge < -0.3 is 15.8 Å². The molecule has 1 aromatic rings. The summed E-state index contributed by atoms with van der Waals surface area (Å²) in [5.41, 5.74) is 7.10. The minimum Gasteiger partial charge on any atom is -0.491 e. The van der Waals surface area contributed by atoms with Gasteiger partial charge in [-0.3, -0.25) is 4.79 Å². The van der Waals surface area contributed by atoms with Gasteiger partial charge in [-0.05, 0) is 50.8 Å². The first kappa shape index (κ1) is 18.8. The fourth-order valence-corrected chi connectivity index (χ4v) is 2.79. The molecule has 1 amide bonds. The molecular weight excluding hydrogens is 300 g/mol. The third-order valence-electron chi connectivity index (χ3n) is 3.96. The number of halogens is 1. The predicted octanol–water partition coefficient (Wildman–Crippen LogP) is 2.82. The molecule has 3 atom stereocenters. The van der Waals surface area contributed by atoms with E-state index in [2.05, 4.69) is 5.32 Å². The van der Waals surface area contributed by atoms with Gasteiger partial charge in [0.15, 0.2) is 0 Å². The Morgan fingerprint density at radius 2 is 2.23 bits per heavy atom. The quantitative estimate of drug-likeness (QED) is 0.874. The van der Waals surface area contributed by atoms with Crippen LogP contribution in [0.25, 0.3) is 0 Å². The summed E-state index contributed by atoms with van der Waals surface area (Å²) in [7, 11) is 0. The molecule has 5 heteroatoms. The second-order valence-electron chi connectivity index (χ2n) is 6.16. The van der Waals surface area contributed by atoms with Crippen molar-refractivity contribution in [3.63, 3.8) is 0 Å². The summed E-state index contributed by atoms with van der Waals surface area (Å²) in [4.78, 5) is 12.2. The van der Waals surface area contributed by atoms with Crippen molar-refractivity contribution in [3.8, 4) is 5.75 Å². The zero-order valence-electron chi connectivity index (χ0n) is 13.4. The number of hydrogen-bond acceptors (Lipinski definition) is 3. The maximum atomic E-state index is 12.2. The Kier molecular flexibility index (Phi) is 7.69. The van der Waals surface area contributed by atoms with E-state index in [1.165, 1.54) is 5.56 Å². The normalized spacial score (nSPS) is 22.3. The maximum Gasteiger partial charge on any atom is 0.223 e. The summed E-state index contributed by atoms with van der Waals surface area (Å²) in [5.74, 6) is 1.02. The number of nitrogens with two attached hydrogens (primary N) is 1. The van der Waals surface area contributed by atoms with E-state index in [4.69, 9.17) is 10.5 Å². The molecule has 0 bridgehead atoms. The highest BCUT2D eigenvalue weighted by atomic mass is 35.5. The smallest absolute Gasteiger partial charge is 0.223 e. The lowest BCUT2D eigenvalue weighted by molar-refractivity contribution is -0.126. The van der Waals surface area contributed by atoms with Crippen LogP contribution in [0.3, 0.4) is 0 Å². The maximum absolute atomic E-state index is 12.2. The molecule has 1 fully saturated rings. The highest BCUT2D eigenvalue weighted by molar-refractivity contribution is 5.85. The van der Waals surface area contributed by atoms with E-state index in [-0.39, 0.29) is 36.3 Å². The van der Waals surface area contributed by atoms with Crippen LogP contribution in [-0.2, 0) is 4.79 Å². The summed E-state index contributed by atoms with van der Waals surface area (Å²) < 4.78 is 5.72. The Balaban J connectivity index is 0.00000242. The number of amides is 1. The Bertz CT molecular complexity index is 481. The number of aryl methyl sites for hydroxylation is 1. The third-order valence-corrected chi connectivity index (χ3v) is 3.96. The number of nitrogens with one attached hydrogen (secondary N) is 1. The van der Waals surface area contributed by atoms with Crippen LogP contribution < -0.4 is 15.8 Å². The van der Waals surface area contributed by atoms with Gasteiger partial charge in [-0.1, -0.05) is 18.6 Å². The second kappa shape index (κ2) is 9.01. The molecule has 1 aliphatic rings. The van der Waals surface area contributed by atoms with E-state index >= 15 is 0 Å². The summed E-state index contributed by atoms with van der Waals surface area (Å²) in [5, 5.41) is 3.04. The Morgan fingerprint density at radius 3 is 2.91 bits per heavy atom. The van der Waals surface area contributed by atoms with Gasteiger partial charge in [0.05, 0.1) is 6.04 Å². The molecule has 2 rings (SSSR count). The van der Waals surface area contributed by atoms with Crippen LogP contribution in [0.4, 0.5) is 0 Å². The molecule has 22 heavy (non-hydrogen) atoms. The standard InChI is InChI=1S/C17H26N2O2.ClH/c1-12-5-3-8-16(9-12)21-11-13(2)19-17(20)14-6-4-7-15(18)10-14;/h3,5,8-9,13-15H,4,6-7,10-11,18H2,1-2H3,(H,19,20);1H. The molecule has 1 aromatic carbocycles. The van der Waals surface area contributed by atoms with E-state index in [1.807, 2.05) is 38.1 Å². The van der Waals surface area contributed by atoms with Crippen molar-refractivity contribution in [2.45, 2.75) is 51.6 Å². The number of benzene rings is 1. The first-order valence-corrected chi connectivity index (χ1v) is 7.80. The SMILES string of the molecule is Cc1cccc(OCC(C)NC(=O)C2CCCC(N)C2)c1.Cl. The molecular formula is C17H27ClN2O2. The van der Waals surface area contributed by atoms with Crippen molar-refractivity contribution in [1.82, 2.24) is 5.32 Å². The minimum atomic E-state index is -0.00355. The van der Waals surface area contributed by atoms with Crippen LogP contribution in [0.1, 0.15) is 38.2 Å². The molecule has 0 aliphatic heterocycles. The molecule has 0 saturated heterocycles. The average molecular weight is 327 g/mol. The van der Waals surface area contributed by atoms with Crippen LogP contribution in [0, 0.1) is 12.8 Å². The molecule has 4 nitrogen and oxygen atoms in total. The first-order chi connectivity index (χ1) is 10.0. The molecule has 124 valence electrons. The number of carbonyl (C=O) groups excluding carboxylic acids is 1. The number of ether oxygens (including phenoxy) is 1. The lowest BCUT2D eigenvalue weighted by atomic mass is 9.85. The van der Waals surface area contributed by atoms with Crippen LogP contribution in [-0.4, -0.2) is 24.6 Å². The molecule has 0 radical (unpaired) electrons. The van der Waals surface area contributed by atoms with Crippen molar-refractivity contribution in [1.29, 1.82) is 0 Å². The van der Waals surface area contributed by atoms with E-state index in [0.29, 0.717) is 6.61 Å². The largest absolute Gasteiger partial charge is 0.491 e.